The minimum absolute atomic E-state index is 0.253. The van der Waals surface area contributed by atoms with E-state index in [9.17, 15) is 0 Å². The van der Waals surface area contributed by atoms with E-state index in [0.717, 1.165) is 19.6 Å². The molecule has 0 aliphatic carbocycles. The Morgan fingerprint density at radius 3 is 3.00 bits per heavy atom. The van der Waals surface area contributed by atoms with Gasteiger partial charge in [-0.15, -0.1) is 0 Å². The van der Waals surface area contributed by atoms with Crippen LogP contribution in [0.5, 0.6) is 0 Å². The fraction of sp³-hybridized carbons (Fsp3) is 1.00. The van der Waals surface area contributed by atoms with Crippen molar-refractivity contribution >= 4 is 0 Å². The largest absolute Gasteiger partial charge is 0.395 e. The quantitative estimate of drug-likeness (QED) is 0.587. The highest BCUT2D eigenvalue weighted by atomic mass is 16.3. The maximum absolute atomic E-state index is 8.57. The van der Waals surface area contributed by atoms with Gasteiger partial charge in [0.2, 0.25) is 0 Å². The van der Waals surface area contributed by atoms with Crippen LogP contribution in [-0.4, -0.2) is 48.8 Å². The van der Waals surface area contributed by atoms with E-state index in [4.69, 9.17) is 5.11 Å². The summed E-state index contributed by atoms with van der Waals surface area (Å²) in [6.45, 7) is 6.69. The summed E-state index contributed by atoms with van der Waals surface area (Å²) in [5.74, 6) is 0. The summed E-state index contributed by atoms with van der Waals surface area (Å²) >= 11 is 0. The maximum atomic E-state index is 8.57. The highest BCUT2D eigenvalue weighted by molar-refractivity contribution is 4.79. The number of nitrogens with zero attached hydrogens (tertiary/aromatic N) is 1. The third kappa shape index (κ3) is 2.77. The van der Waals surface area contributed by atoms with Crippen LogP contribution < -0.4 is 5.32 Å². The summed E-state index contributed by atoms with van der Waals surface area (Å²) in [5, 5.41) is 11.9. The first-order chi connectivity index (χ1) is 5.36. The first-order valence-corrected chi connectivity index (χ1v) is 4.43. The van der Waals surface area contributed by atoms with Crippen LogP contribution in [0.15, 0.2) is 0 Å². The van der Waals surface area contributed by atoms with Crippen LogP contribution in [-0.2, 0) is 0 Å². The molecule has 0 amide bonds. The van der Waals surface area contributed by atoms with Gasteiger partial charge >= 0.3 is 0 Å². The van der Waals surface area contributed by atoms with Crippen molar-refractivity contribution in [2.45, 2.75) is 19.4 Å². The second-order valence-electron chi connectivity index (χ2n) is 3.06. The summed E-state index contributed by atoms with van der Waals surface area (Å²) in [5.41, 5.74) is 0. The maximum Gasteiger partial charge on any atom is 0.0556 e. The van der Waals surface area contributed by atoms with E-state index in [1.165, 1.54) is 13.0 Å². The lowest BCUT2D eigenvalue weighted by Gasteiger charge is -2.13. The van der Waals surface area contributed by atoms with Gasteiger partial charge in [-0.3, -0.25) is 0 Å². The summed E-state index contributed by atoms with van der Waals surface area (Å²) in [7, 11) is 0. The molecule has 1 heterocycles. The number of nitrogens with one attached hydrogen (secondary N) is 1. The summed E-state index contributed by atoms with van der Waals surface area (Å²) < 4.78 is 0. The molecule has 1 rings (SSSR count). The van der Waals surface area contributed by atoms with E-state index in [1.807, 2.05) is 0 Å². The van der Waals surface area contributed by atoms with Crippen molar-refractivity contribution in [2.24, 2.45) is 0 Å². The first kappa shape index (κ1) is 8.97. The number of likely N-dealkylation sites (N-methyl/N-ethyl adjacent to an activating group) is 1. The monoisotopic (exact) mass is 158 g/mol. The highest BCUT2D eigenvalue weighted by Gasteiger charge is 2.19. The molecule has 1 atom stereocenters. The fourth-order valence-corrected chi connectivity index (χ4v) is 1.56. The minimum atomic E-state index is 0.253. The second kappa shape index (κ2) is 4.70. The molecule has 11 heavy (non-hydrogen) atoms. The predicted molar refractivity (Wildman–Crippen MR) is 45.6 cm³/mol. The van der Waals surface area contributed by atoms with Gasteiger partial charge in [0.05, 0.1) is 6.61 Å². The standard InChI is InChI=1S/C8H18N2O/c1-2-10-5-3-8(7-10)9-4-6-11/h8-9,11H,2-7H2,1H3. The average molecular weight is 158 g/mol. The lowest BCUT2D eigenvalue weighted by Crippen LogP contribution is -2.34. The van der Waals surface area contributed by atoms with E-state index in [-0.39, 0.29) is 6.61 Å². The van der Waals surface area contributed by atoms with Crippen LogP contribution in [0.3, 0.4) is 0 Å². The Morgan fingerprint density at radius 1 is 1.64 bits per heavy atom. The first-order valence-electron chi connectivity index (χ1n) is 4.43. The molecule has 1 fully saturated rings. The van der Waals surface area contributed by atoms with Crippen molar-refractivity contribution in [1.29, 1.82) is 0 Å². The van der Waals surface area contributed by atoms with E-state index in [2.05, 4.69) is 17.1 Å². The number of aliphatic hydroxyl groups is 1. The average Bonchev–Trinajstić information content (AvgIpc) is 2.48. The second-order valence-corrected chi connectivity index (χ2v) is 3.06. The zero-order chi connectivity index (χ0) is 8.10. The third-order valence-corrected chi connectivity index (χ3v) is 2.26. The van der Waals surface area contributed by atoms with Gasteiger partial charge in [-0.05, 0) is 19.5 Å². The smallest absolute Gasteiger partial charge is 0.0556 e. The molecule has 0 bridgehead atoms. The summed E-state index contributed by atoms with van der Waals surface area (Å²) in [4.78, 5) is 2.43. The van der Waals surface area contributed by atoms with Gasteiger partial charge in [0.1, 0.15) is 0 Å². The molecule has 66 valence electrons. The zero-order valence-electron chi connectivity index (χ0n) is 7.21. The number of rotatable bonds is 4. The molecular weight excluding hydrogens is 140 g/mol. The van der Waals surface area contributed by atoms with Gasteiger partial charge in [-0.25, -0.2) is 0 Å². The van der Waals surface area contributed by atoms with Crippen LogP contribution in [0.4, 0.5) is 0 Å². The molecule has 2 N–H and O–H groups in total. The van der Waals surface area contributed by atoms with Crippen molar-refractivity contribution in [3.05, 3.63) is 0 Å². The Bertz CT molecular complexity index is 108. The van der Waals surface area contributed by atoms with Gasteiger partial charge in [0.15, 0.2) is 0 Å². The van der Waals surface area contributed by atoms with E-state index >= 15 is 0 Å². The molecular formula is C8H18N2O. The summed E-state index contributed by atoms with van der Waals surface area (Å²) in [6.07, 6.45) is 1.23. The predicted octanol–water partition coefficient (Wildman–Crippen LogP) is -0.338. The molecule has 0 saturated carbocycles. The third-order valence-electron chi connectivity index (χ3n) is 2.26. The lowest BCUT2D eigenvalue weighted by atomic mass is 10.3. The summed E-state index contributed by atoms with van der Waals surface area (Å²) in [6, 6.07) is 0.613. The van der Waals surface area contributed by atoms with Crippen molar-refractivity contribution in [3.8, 4) is 0 Å². The van der Waals surface area contributed by atoms with Gasteiger partial charge in [-0.1, -0.05) is 6.92 Å². The van der Waals surface area contributed by atoms with Gasteiger partial charge in [0, 0.05) is 19.1 Å². The molecule has 1 aliphatic heterocycles. The molecule has 0 radical (unpaired) electrons. The molecule has 1 aliphatic rings. The molecule has 0 aromatic carbocycles. The number of hydrogen-bond acceptors (Lipinski definition) is 3. The molecule has 3 heteroatoms. The molecule has 1 saturated heterocycles. The highest BCUT2D eigenvalue weighted by Crippen LogP contribution is 2.07. The Morgan fingerprint density at radius 2 is 2.45 bits per heavy atom. The molecule has 0 aromatic heterocycles. The Labute approximate surface area is 68.4 Å². The van der Waals surface area contributed by atoms with Crippen molar-refractivity contribution in [2.75, 3.05) is 32.8 Å². The topological polar surface area (TPSA) is 35.5 Å². The van der Waals surface area contributed by atoms with Crippen LogP contribution in [0, 0.1) is 0 Å². The number of likely N-dealkylation sites (tertiary alicyclic amines) is 1. The van der Waals surface area contributed by atoms with Gasteiger partial charge < -0.3 is 15.3 Å². The SMILES string of the molecule is CCN1CCC(NCCO)C1. The van der Waals surface area contributed by atoms with E-state index < -0.39 is 0 Å². The Balaban J connectivity index is 2.09. The lowest BCUT2D eigenvalue weighted by molar-refractivity contribution is 0.281. The fourth-order valence-electron chi connectivity index (χ4n) is 1.56. The minimum Gasteiger partial charge on any atom is -0.395 e. The molecule has 3 nitrogen and oxygen atoms in total. The zero-order valence-corrected chi connectivity index (χ0v) is 7.21. The Hall–Kier alpha value is -0.120. The van der Waals surface area contributed by atoms with Crippen molar-refractivity contribution in [3.63, 3.8) is 0 Å². The van der Waals surface area contributed by atoms with Gasteiger partial charge in [-0.2, -0.15) is 0 Å². The van der Waals surface area contributed by atoms with Crippen molar-refractivity contribution in [1.82, 2.24) is 10.2 Å². The van der Waals surface area contributed by atoms with Crippen LogP contribution in [0.1, 0.15) is 13.3 Å². The molecule has 0 spiro atoms. The Kier molecular flexibility index (Phi) is 3.83. The van der Waals surface area contributed by atoms with E-state index in [0.29, 0.717) is 6.04 Å². The van der Waals surface area contributed by atoms with E-state index in [1.54, 1.807) is 0 Å². The van der Waals surface area contributed by atoms with Crippen LogP contribution in [0.2, 0.25) is 0 Å². The van der Waals surface area contributed by atoms with Crippen LogP contribution in [0.25, 0.3) is 0 Å². The molecule has 0 aromatic rings. The van der Waals surface area contributed by atoms with Gasteiger partial charge in [0.25, 0.3) is 0 Å². The normalized spacial score (nSPS) is 26.2. The molecule has 1 unspecified atom stereocenters. The van der Waals surface area contributed by atoms with Crippen molar-refractivity contribution < 1.29 is 5.11 Å². The van der Waals surface area contributed by atoms with Crippen LogP contribution >= 0.6 is 0 Å². The number of hydrogen-bond donors (Lipinski definition) is 2. The number of aliphatic hydroxyl groups excluding tert-OH is 1.